The Hall–Kier alpha value is -0.730. The number of amides is 1. The van der Waals surface area contributed by atoms with Crippen molar-refractivity contribution in [1.82, 2.24) is 25.3 Å². The molecule has 0 aromatic rings. The van der Waals surface area contributed by atoms with E-state index in [2.05, 4.69) is 25.3 Å². The fourth-order valence-corrected chi connectivity index (χ4v) is 8.35. The number of hydrogen-bond acceptors (Lipinski definition) is 6. The summed E-state index contributed by atoms with van der Waals surface area (Å²) in [6, 6.07) is 1.48. The van der Waals surface area contributed by atoms with E-state index in [4.69, 9.17) is 4.74 Å². The Labute approximate surface area is 220 Å². The van der Waals surface area contributed by atoms with Gasteiger partial charge in [-0.1, -0.05) is 12.8 Å². The predicted molar refractivity (Wildman–Crippen MR) is 145 cm³/mol. The van der Waals surface area contributed by atoms with Gasteiger partial charge in [0, 0.05) is 51.8 Å². The number of nitrogens with zero attached hydrogens (tertiary/aromatic N) is 3. The average molecular weight is 504 g/mol. The van der Waals surface area contributed by atoms with Crippen LogP contribution < -0.4 is 10.6 Å². The molecule has 5 fully saturated rings. The van der Waals surface area contributed by atoms with Crippen molar-refractivity contribution in [3.63, 3.8) is 0 Å². The third-order valence-electron chi connectivity index (χ3n) is 10.3. The lowest BCUT2D eigenvalue weighted by Gasteiger charge is -2.49. The number of hydrogen-bond donors (Lipinski definition) is 2. The first-order valence-corrected chi connectivity index (χ1v) is 15.5. The van der Waals surface area contributed by atoms with Gasteiger partial charge in [0.2, 0.25) is 5.91 Å². The molecule has 5 atom stereocenters. The molecule has 3 saturated heterocycles. The van der Waals surface area contributed by atoms with Crippen LogP contribution in [0.2, 0.25) is 0 Å². The molecule has 2 N–H and O–H groups in total. The number of piperidine rings is 1. The summed E-state index contributed by atoms with van der Waals surface area (Å²) in [6.07, 6.45) is 15.3. The fourth-order valence-electron chi connectivity index (χ4n) is 8.35. The molecule has 3 heterocycles. The summed E-state index contributed by atoms with van der Waals surface area (Å²) in [6.45, 7) is 9.86. The van der Waals surface area contributed by atoms with E-state index in [9.17, 15) is 4.79 Å². The number of fused-ring (bicyclic) bond motifs is 1. The van der Waals surface area contributed by atoms with Gasteiger partial charge >= 0.3 is 0 Å². The molecule has 3 aliphatic heterocycles. The van der Waals surface area contributed by atoms with Gasteiger partial charge in [0.15, 0.2) is 0 Å². The SMILES string of the molecule is COC1CCC2CCCNC2C1N1CCCN(C(CC(=O)NCCN2CCCC2)C2CCCC2)CC1. The molecule has 36 heavy (non-hydrogen) atoms. The molecule has 1 amide bonds. The van der Waals surface area contributed by atoms with E-state index in [-0.39, 0.29) is 5.91 Å². The van der Waals surface area contributed by atoms with Gasteiger partial charge in [0.1, 0.15) is 0 Å². The number of nitrogens with one attached hydrogen (secondary N) is 2. The predicted octanol–water partition coefficient (Wildman–Crippen LogP) is 2.70. The van der Waals surface area contributed by atoms with Crippen LogP contribution in [-0.4, -0.2) is 111 Å². The summed E-state index contributed by atoms with van der Waals surface area (Å²) < 4.78 is 6.08. The maximum absolute atomic E-state index is 13.1. The number of carbonyl (C=O) groups is 1. The lowest BCUT2D eigenvalue weighted by Crippen LogP contribution is -2.63. The van der Waals surface area contributed by atoms with Crippen molar-refractivity contribution in [2.45, 2.75) is 101 Å². The van der Waals surface area contributed by atoms with Gasteiger partial charge in [-0.15, -0.1) is 0 Å². The normalized spacial score (nSPS) is 34.4. The Morgan fingerprint density at radius 2 is 1.75 bits per heavy atom. The molecule has 2 aliphatic carbocycles. The highest BCUT2D eigenvalue weighted by molar-refractivity contribution is 5.76. The summed E-state index contributed by atoms with van der Waals surface area (Å²) in [7, 11) is 1.92. The maximum Gasteiger partial charge on any atom is 0.221 e. The molecule has 5 unspecified atom stereocenters. The van der Waals surface area contributed by atoms with Gasteiger partial charge in [-0.25, -0.2) is 0 Å². The lowest BCUT2D eigenvalue weighted by molar-refractivity contribution is -0.122. The molecule has 7 heteroatoms. The quantitative estimate of drug-likeness (QED) is 0.505. The summed E-state index contributed by atoms with van der Waals surface area (Å²) in [5.74, 6) is 1.77. The first-order valence-electron chi connectivity index (χ1n) is 15.5. The second-order valence-corrected chi connectivity index (χ2v) is 12.4. The molecule has 5 aliphatic rings. The summed E-state index contributed by atoms with van der Waals surface area (Å²) in [5, 5.41) is 7.19. The summed E-state index contributed by atoms with van der Waals surface area (Å²) in [4.78, 5) is 21.0. The van der Waals surface area contributed by atoms with Crippen LogP contribution in [0.1, 0.15) is 77.0 Å². The Balaban J connectivity index is 1.19. The van der Waals surface area contributed by atoms with Crippen LogP contribution in [0.3, 0.4) is 0 Å². The molecule has 7 nitrogen and oxygen atoms in total. The third-order valence-corrected chi connectivity index (χ3v) is 10.3. The van der Waals surface area contributed by atoms with Crippen LogP contribution in [0.5, 0.6) is 0 Å². The van der Waals surface area contributed by atoms with Crippen LogP contribution in [0.15, 0.2) is 0 Å². The average Bonchev–Trinajstić information content (AvgIpc) is 3.58. The van der Waals surface area contributed by atoms with Crippen LogP contribution >= 0.6 is 0 Å². The minimum absolute atomic E-state index is 0.271. The zero-order valence-corrected chi connectivity index (χ0v) is 23.0. The van der Waals surface area contributed by atoms with Crippen molar-refractivity contribution in [1.29, 1.82) is 0 Å². The molecule has 0 radical (unpaired) electrons. The van der Waals surface area contributed by atoms with Crippen molar-refractivity contribution in [2.24, 2.45) is 11.8 Å². The highest BCUT2D eigenvalue weighted by Crippen LogP contribution is 2.36. The largest absolute Gasteiger partial charge is 0.380 e. The number of carbonyl (C=O) groups excluding carboxylic acids is 1. The number of methoxy groups -OCH3 is 1. The van der Waals surface area contributed by atoms with Crippen LogP contribution in [0.4, 0.5) is 0 Å². The van der Waals surface area contributed by atoms with E-state index < -0.39 is 0 Å². The Morgan fingerprint density at radius 3 is 2.56 bits per heavy atom. The molecule has 5 rings (SSSR count). The highest BCUT2D eigenvalue weighted by Gasteiger charge is 2.44. The number of rotatable bonds is 9. The molecule has 0 aromatic carbocycles. The molecule has 0 aromatic heterocycles. The molecule has 2 saturated carbocycles. The Morgan fingerprint density at radius 1 is 0.917 bits per heavy atom. The Bertz CT molecular complexity index is 681. The summed E-state index contributed by atoms with van der Waals surface area (Å²) >= 11 is 0. The van der Waals surface area contributed by atoms with E-state index in [1.54, 1.807) is 0 Å². The van der Waals surface area contributed by atoms with Gasteiger partial charge in [0.25, 0.3) is 0 Å². The number of likely N-dealkylation sites (tertiary alicyclic amines) is 1. The van der Waals surface area contributed by atoms with Gasteiger partial charge < -0.3 is 20.3 Å². The number of ether oxygens (including phenoxy) is 1. The minimum Gasteiger partial charge on any atom is -0.380 e. The van der Waals surface area contributed by atoms with E-state index in [0.717, 1.165) is 51.7 Å². The summed E-state index contributed by atoms with van der Waals surface area (Å²) in [5.41, 5.74) is 0. The Kier molecular flexibility index (Phi) is 9.97. The third kappa shape index (κ3) is 6.63. The lowest BCUT2D eigenvalue weighted by atomic mass is 9.74. The molecule has 206 valence electrons. The second kappa shape index (κ2) is 13.4. The fraction of sp³-hybridized carbons (Fsp3) is 0.966. The molecule has 0 bridgehead atoms. The standard InChI is InChI=1S/C29H53N5O2/c1-36-26-12-11-24-10-6-13-31-28(24)29(26)34-18-7-17-33(20-21-34)25(23-8-2-3-9-23)22-27(35)30-14-19-32-15-4-5-16-32/h23-26,28-29,31H,2-22H2,1H3,(H,30,35). The van der Waals surface area contributed by atoms with Crippen molar-refractivity contribution < 1.29 is 9.53 Å². The van der Waals surface area contributed by atoms with Gasteiger partial charge in [-0.2, -0.15) is 0 Å². The van der Waals surface area contributed by atoms with Crippen molar-refractivity contribution in [2.75, 3.05) is 66.0 Å². The van der Waals surface area contributed by atoms with E-state index in [0.29, 0.717) is 36.6 Å². The molecular weight excluding hydrogens is 450 g/mol. The topological polar surface area (TPSA) is 60.1 Å². The van der Waals surface area contributed by atoms with Gasteiger partial charge in [0.05, 0.1) is 12.1 Å². The zero-order valence-electron chi connectivity index (χ0n) is 23.0. The van der Waals surface area contributed by atoms with Crippen molar-refractivity contribution in [3.8, 4) is 0 Å². The molecular formula is C29H53N5O2. The van der Waals surface area contributed by atoms with Crippen molar-refractivity contribution in [3.05, 3.63) is 0 Å². The first-order chi connectivity index (χ1) is 17.7. The zero-order chi connectivity index (χ0) is 24.7. The molecule has 0 spiro atoms. The second-order valence-electron chi connectivity index (χ2n) is 12.4. The first kappa shape index (κ1) is 26.9. The van der Waals surface area contributed by atoms with Crippen LogP contribution in [0.25, 0.3) is 0 Å². The van der Waals surface area contributed by atoms with E-state index in [1.165, 1.54) is 83.7 Å². The smallest absolute Gasteiger partial charge is 0.221 e. The monoisotopic (exact) mass is 503 g/mol. The van der Waals surface area contributed by atoms with Gasteiger partial charge in [-0.05, 0) is 102 Å². The van der Waals surface area contributed by atoms with Crippen LogP contribution in [-0.2, 0) is 9.53 Å². The van der Waals surface area contributed by atoms with E-state index >= 15 is 0 Å². The maximum atomic E-state index is 13.1. The minimum atomic E-state index is 0.271. The van der Waals surface area contributed by atoms with Gasteiger partial charge in [-0.3, -0.25) is 14.6 Å². The van der Waals surface area contributed by atoms with E-state index in [1.807, 2.05) is 7.11 Å². The van der Waals surface area contributed by atoms with Crippen LogP contribution in [0, 0.1) is 11.8 Å². The van der Waals surface area contributed by atoms with Crippen molar-refractivity contribution >= 4 is 5.91 Å². The highest BCUT2D eigenvalue weighted by atomic mass is 16.5.